The van der Waals surface area contributed by atoms with Gasteiger partial charge in [0.15, 0.2) is 6.29 Å². The summed E-state index contributed by atoms with van der Waals surface area (Å²) in [6.07, 6.45) is 3.19. The van der Waals surface area contributed by atoms with Crippen molar-refractivity contribution in [2.75, 3.05) is 26.9 Å². The zero-order chi connectivity index (χ0) is 14.9. The van der Waals surface area contributed by atoms with E-state index in [1.165, 1.54) is 7.11 Å². The molecule has 1 aliphatic heterocycles. The highest BCUT2D eigenvalue weighted by Gasteiger charge is 2.13. The number of ether oxygens (including phenoxy) is 4. The molecule has 21 heavy (non-hydrogen) atoms. The Bertz CT molecular complexity index is 423. The van der Waals surface area contributed by atoms with E-state index in [1.807, 2.05) is 12.1 Å². The summed E-state index contributed by atoms with van der Waals surface area (Å²) in [5.74, 6) is -0.330. The number of carbonyl (C=O) groups excluding carboxylic acids is 1. The summed E-state index contributed by atoms with van der Waals surface area (Å²) in [4.78, 5) is 11.3. The van der Waals surface area contributed by atoms with Crippen LogP contribution in [0.2, 0.25) is 0 Å². The molecule has 116 valence electrons. The van der Waals surface area contributed by atoms with Crippen molar-refractivity contribution in [3.63, 3.8) is 0 Å². The maximum atomic E-state index is 11.3. The van der Waals surface area contributed by atoms with Gasteiger partial charge in [-0.25, -0.2) is 4.79 Å². The van der Waals surface area contributed by atoms with Crippen LogP contribution in [0.4, 0.5) is 0 Å². The van der Waals surface area contributed by atoms with E-state index in [9.17, 15) is 4.79 Å². The molecule has 0 aromatic heterocycles. The van der Waals surface area contributed by atoms with Crippen LogP contribution < -0.4 is 0 Å². The lowest BCUT2D eigenvalue weighted by Gasteiger charge is -2.22. The highest BCUT2D eigenvalue weighted by Crippen LogP contribution is 2.13. The van der Waals surface area contributed by atoms with Crippen LogP contribution in [0, 0.1) is 0 Å². The van der Waals surface area contributed by atoms with Crippen molar-refractivity contribution in [3.05, 3.63) is 35.4 Å². The van der Waals surface area contributed by atoms with E-state index in [2.05, 4.69) is 4.74 Å². The first-order valence-corrected chi connectivity index (χ1v) is 7.28. The monoisotopic (exact) mass is 294 g/mol. The van der Waals surface area contributed by atoms with Crippen LogP contribution in [-0.2, 0) is 25.6 Å². The molecule has 1 saturated heterocycles. The fourth-order valence-corrected chi connectivity index (χ4v) is 2.13. The number of rotatable bonds is 7. The minimum absolute atomic E-state index is 0.0679. The first kappa shape index (κ1) is 15.9. The molecule has 1 atom stereocenters. The molecule has 5 heteroatoms. The van der Waals surface area contributed by atoms with E-state index in [0.29, 0.717) is 25.4 Å². The third-order valence-electron chi connectivity index (χ3n) is 3.31. The SMILES string of the molecule is COC(=O)c1ccc(COCCOC2CCCCO2)cc1. The molecule has 1 unspecified atom stereocenters. The van der Waals surface area contributed by atoms with E-state index in [-0.39, 0.29) is 12.3 Å². The quantitative estimate of drug-likeness (QED) is 0.571. The molecule has 0 bridgehead atoms. The summed E-state index contributed by atoms with van der Waals surface area (Å²) in [6.45, 7) is 2.35. The van der Waals surface area contributed by atoms with Gasteiger partial charge in [-0.3, -0.25) is 0 Å². The van der Waals surface area contributed by atoms with Crippen molar-refractivity contribution >= 4 is 5.97 Å². The van der Waals surface area contributed by atoms with E-state index in [4.69, 9.17) is 14.2 Å². The lowest BCUT2D eigenvalue weighted by Crippen LogP contribution is -2.23. The normalized spacial score (nSPS) is 18.4. The molecule has 1 aromatic carbocycles. The summed E-state index contributed by atoms with van der Waals surface area (Å²) in [5, 5.41) is 0. The number of benzene rings is 1. The minimum atomic E-state index is -0.330. The van der Waals surface area contributed by atoms with Gasteiger partial charge in [0, 0.05) is 6.61 Å². The second-order valence-corrected chi connectivity index (χ2v) is 4.91. The molecule has 1 aliphatic rings. The molecule has 0 radical (unpaired) electrons. The lowest BCUT2D eigenvalue weighted by molar-refractivity contribution is -0.169. The first-order chi connectivity index (χ1) is 10.3. The molecular weight excluding hydrogens is 272 g/mol. The molecule has 1 fully saturated rings. The van der Waals surface area contributed by atoms with Crippen molar-refractivity contribution in [1.82, 2.24) is 0 Å². The lowest BCUT2D eigenvalue weighted by atomic mass is 10.1. The second-order valence-electron chi connectivity index (χ2n) is 4.91. The predicted octanol–water partition coefficient (Wildman–Crippen LogP) is 2.53. The van der Waals surface area contributed by atoms with Crippen LogP contribution in [-0.4, -0.2) is 39.2 Å². The molecule has 0 spiro atoms. The smallest absolute Gasteiger partial charge is 0.337 e. The van der Waals surface area contributed by atoms with Crippen molar-refractivity contribution in [1.29, 1.82) is 0 Å². The number of esters is 1. The minimum Gasteiger partial charge on any atom is -0.465 e. The van der Waals surface area contributed by atoms with Crippen LogP contribution in [0.1, 0.15) is 35.2 Å². The van der Waals surface area contributed by atoms with Crippen molar-refractivity contribution in [2.45, 2.75) is 32.2 Å². The van der Waals surface area contributed by atoms with Gasteiger partial charge in [-0.15, -0.1) is 0 Å². The predicted molar refractivity (Wildman–Crippen MR) is 77.0 cm³/mol. The molecule has 1 aromatic rings. The third kappa shape index (κ3) is 5.46. The summed E-state index contributed by atoms with van der Waals surface area (Å²) in [5.41, 5.74) is 1.55. The van der Waals surface area contributed by atoms with Gasteiger partial charge in [-0.2, -0.15) is 0 Å². The standard InChI is InChI=1S/C16H22O5/c1-18-16(17)14-7-5-13(6-8-14)12-19-10-11-21-15-4-2-3-9-20-15/h5-8,15H,2-4,9-12H2,1H3. The van der Waals surface area contributed by atoms with E-state index in [1.54, 1.807) is 12.1 Å². The molecular formula is C16H22O5. The van der Waals surface area contributed by atoms with Gasteiger partial charge in [0.2, 0.25) is 0 Å². The molecule has 5 nitrogen and oxygen atoms in total. The highest BCUT2D eigenvalue weighted by atomic mass is 16.7. The average molecular weight is 294 g/mol. The van der Waals surface area contributed by atoms with Gasteiger partial charge in [0.25, 0.3) is 0 Å². The summed E-state index contributed by atoms with van der Waals surface area (Å²) in [7, 11) is 1.37. The van der Waals surface area contributed by atoms with Crippen LogP contribution in [0.25, 0.3) is 0 Å². The van der Waals surface area contributed by atoms with Gasteiger partial charge in [0.05, 0.1) is 32.5 Å². The molecule has 0 N–H and O–H groups in total. The van der Waals surface area contributed by atoms with Crippen molar-refractivity contribution in [3.8, 4) is 0 Å². The highest BCUT2D eigenvalue weighted by molar-refractivity contribution is 5.89. The maximum absolute atomic E-state index is 11.3. The van der Waals surface area contributed by atoms with E-state index in [0.717, 1.165) is 31.4 Å². The van der Waals surface area contributed by atoms with Crippen molar-refractivity contribution in [2.24, 2.45) is 0 Å². The Morgan fingerprint density at radius 1 is 1.24 bits per heavy atom. The number of hydrogen-bond donors (Lipinski definition) is 0. The van der Waals surface area contributed by atoms with Gasteiger partial charge < -0.3 is 18.9 Å². The molecule has 0 aliphatic carbocycles. The number of carbonyl (C=O) groups is 1. The Labute approximate surface area is 125 Å². The fourth-order valence-electron chi connectivity index (χ4n) is 2.13. The average Bonchev–Trinajstić information content (AvgIpc) is 2.55. The Kier molecular flexibility index (Phi) is 6.66. The maximum Gasteiger partial charge on any atom is 0.337 e. The molecule has 2 rings (SSSR count). The summed E-state index contributed by atoms with van der Waals surface area (Å²) in [6, 6.07) is 7.18. The Balaban J connectivity index is 1.61. The van der Waals surface area contributed by atoms with Crippen LogP contribution in [0.15, 0.2) is 24.3 Å². The zero-order valence-electron chi connectivity index (χ0n) is 12.4. The molecule has 0 amide bonds. The Morgan fingerprint density at radius 2 is 2.05 bits per heavy atom. The molecule has 0 saturated carbocycles. The number of hydrogen-bond acceptors (Lipinski definition) is 5. The van der Waals surface area contributed by atoms with Gasteiger partial charge in [-0.1, -0.05) is 12.1 Å². The number of methoxy groups -OCH3 is 1. The van der Waals surface area contributed by atoms with Crippen molar-refractivity contribution < 1.29 is 23.7 Å². The summed E-state index contributed by atoms with van der Waals surface area (Å²) < 4.78 is 21.2. The topological polar surface area (TPSA) is 54.0 Å². The fraction of sp³-hybridized carbons (Fsp3) is 0.562. The third-order valence-corrected chi connectivity index (χ3v) is 3.31. The largest absolute Gasteiger partial charge is 0.465 e. The first-order valence-electron chi connectivity index (χ1n) is 7.28. The Hall–Kier alpha value is -1.43. The van der Waals surface area contributed by atoms with E-state index < -0.39 is 0 Å². The second kappa shape index (κ2) is 8.77. The van der Waals surface area contributed by atoms with Crippen LogP contribution in [0.5, 0.6) is 0 Å². The van der Waals surface area contributed by atoms with Gasteiger partial charge in [0.1, 0.15) is 0 Å². The van der Waals surface area contributed by atoms with Gasteiger partial charge in [-0.05, 0) is 37.0 Å². The van der Waals surface area contributed by atoms with Gasteiger partial charge >= 0.3 is 5.97 Å². The van der Waals surface area contributed by atoms with Crippen LogP contribution >= 0.6 is 0 Å². The molecule has 1 heterocycles. The van der Waals surface area contributed by atoms with E-state index >= 15 is 0 Å². The summed E-state index contributed by atoms with van der Waals surface area (Å²) >= 11 is 0. The van der Waals surface area contributed by atoms with Crippen LogP contribution in [0.3, 0.4) is 0 Å². The Morgan fingerprint density at radius 3 is 2.71 bits per heavy atom. The zero-order valence-corrected chi connectivity index (χ0v) is 12.4.